The van der Waals surface area contributed by atoms with Crippen molar-refractivity contribution in [1.82, 2.24) is 5.32 Å². The van der Waals surface area contributed by atoms with Crippen molar-refractivity contribution in [2.75, 3.05) is 47.3 Å². The van der Waals surface area contributed by atoms with Crippen LogP contribution in [0.5, 0.6) is 0 Å². The Hall–Kier alpha value is -1.98. The van der Waals surface area contributed by atoms with Gasteiger partial charge in [0.05, 0.1) is 56.8 Å². The number of aliphatic hydroxyl groups excluding tert-OH is 13. The first-order valence-corrected chi connectivity index (χ1v) is 21.6. The lowest BCUT2D eigenvalue weighted by molar-refractivity contribution is -0.437. The average Bonchev–Trinajstić information content (AvgIpc) is 3.29. The summed E-state index contributed by atoms with van der Waals surface area (Å²) in [5, 5.41) is 143. The number of ether oxygens (including phenoxy) is 11. The maximum atomic E-state index is 12.6. The third-order valence-corrected chi connectivity index (χ3v) is 12.8. The zero-order valence-corrected chi connectivity index (χ0v) is 36.7. The third kappa shape index (κ3) is 11.8. The van der Waals surface area contributed by atoms with Gasteiger partial charge in [-0.3, -0.25) is 9.59 Å². The Morgan fingerprint density at radius 2 is 1.30 bits per heavy atom. The van der Waals surface area contributed by atoms with Crippen molar-refractivity contribution in [2.45, 2.75) is 174 Å². The van der Waals surface area contributed by atoms with Crippen LogP contribution in [0.1, 0.15) is 33.1 Å². The lowest BCUT2D eigenvalue weighted by Crippen LogP contribution is -2.70. The first-order chi connectivity index (χ1) is 31.4. The van der Waals surface area contributed by atoms with Gasteiger partial charge in [0.1, 0.15) is 85.4 Å². The predicted molar refractivity (Wildman–Crippen MR) is 209 cm³/mol. The van der Waals surface area contributed by atoms with E-state index < -0.39 is 198 Å². The number of carbonyl (C=O) groups excluding carboxylic acids is 2. The van der Waals surface area contributed by atoms with Gasteiger partial charge in [-0.2, -0.15) is 0 Å². The molecule has 0 spiro atoms. The molecule has 5 aliphatic rings. The van der Waals surface area contributed by atoms with Gasteiger partial charge in [0.25, 0.3) is 6.47 Å². The minimum atomic E-state index is -2.54. The molecular formula is C39H67NO26. The minimum absolute atomic E-state index is 0.0872. The fourth-order valence-electron chi connectivity index (χ4n) is 9.19. The summed E-state index contributed by atoms with van der Waals surface area (Å²) in [6.45, 7) is -1.16. The molecule has 0 aromatic rings. The molecule has 27 heteroatoms. The maximum absolute atomic E-state index is 12.6. The van der Waals surface area contributed by atoms with E-state index in [0.29, 0.717) is 0 Å². The average molecular weight is 966 g/mol. The predicted octanol–water partition coefficient (Wildman–Crippen LogP) is -8.25. The van der Waals surface area contributed by atoms with Crippen LogP contribution in [0.2, 0.25) is 0 Å². The van der Waals surface area contributed by atoms with Crippen molar-refractivity contribution in [3.05, 3.63) is 0 Å². The molecule has 0 radical (unpaired) electrons. The molecule has 4 saturated heterocycles. The molecule has 27 nitrogen and oxygen atoms in total. The molecule has 25 atom stereocenters. The van der Waals surface area contributed by atoms with E-state index in [2.05, 4.69) is 5.32 Å². The highest BCUT2D eigenvalue weighted by atomic mass is 16.9. The Kier molecular flexibility index (Phi) is 20.2. The van der Waals surface area contributed by atoms with Gasteiger partial charge in [-0.15, -0.1) is 0 Å². The van der Waals surface area contributed by atoms with Crippen LogP contribution >= 0.6 is 0 Å². The molecule has 4 aliphatic heterocycles. The minimum Gasteiger partial charge on any atom is -0.410 e. The second-order valence-electron chi connectivity index (χ2n) is 17.1. The Labute approximate surface area is 378 Å². The summed E-state index contributed by atoms with van der Waals surface area (Å²) in [4.78, 5) is 24.4. The summed E-state index contributed by atoms with van der Waals surface area (Å²) >= 11 is 0. The van der Waals surface area contributed by atoms with Crippen LogP contribution in [0.15, 0.2) is 0 Å². The molecule has 5 fully saturated rings. The topological polar surface area (TPSA) is 411 Å². The van der Waals surface area contributed by atoms with Gasteiger partial charge in [0.2, 0.25) is 5.91 Å². The van der Waals surface area contributed by atoms with Gasteiger partial charge >= 0.3 is 5.97 Å². The van der Waals surface area contributed by atoms with Crippen LogP contribution in [0.3, 0.4) is 0 Å². The zero-order valence-electron chi connectivity index (χ0n) is 36.7. The molecule has 1 saturated carbocycles. The van der Waals surface area contributed by atoms with E-state index in [9.17, 15) is 76.0 Å². The van der Waals surface area contributed by atoms with Crippen molar-refractivity contribution in [3.63, 3.8) is 0 Å². The molecule has 25 unspecified atom stereocenters. The van der Waals surface area contributed by atoms with Crippen molar-refractivity contribution >= 4 is 12.4 Å². The third-order valence-electron chi connectivity index (χ3n) is 12.8. The highest BCUT2D eigenvalue weighted by molar-refractivity contribution is 5.73. The number of amides is 1. The number of nitrogens with one attached hydrogen (secondary N) is 1. The molecule has 4 heterocycles. The van der Waals surface area contributed by atoms with E-state index in [1.807, 2.05) is 0 Å². The number of methoxy groups -OCH3 is 2. The van der Waals surface area contributed by atoms with Crippen LogP contribution < -0.4 is 5.32 Å². The number of hydrogen-bond acceptors (Lipinski definition) is 26. The molecule has 5 rings (SSSR count). The standard InChI is InChI=1S/C39H67NO26/c1-14-18(49)8-39(58-13-46,65-30(14)17(48)5-6-41)66-34-24(50)16(9-42)7-19(25(34)51)59-31-20(10-43)60-36(23(26(31)52)40-15(2)47)64-35-29(55)38(62-22(12-45)33(35)56-3)63-32-21(11-44)61-37(57-4)28(54)27(32)53/h13-14,16-38,41-45,48-55H,5-12H2,1-4H3,(H,40,47). The molecule has 1 aliphatic carbocycles. The summed E-state index contributed by atoms with van der Waals surface area (Å²) in [5.74, 6) is -5.23. The molecule has 14 N–H and O–H groups in total. The van der Waals surface area contributed by atoms with Crippen LogP contribution in [-0.4, -0.2) is 267 Å². The quantitative estimate of drug-likeness (QED) is 0.0398. The second kappa shape index (κ2) is 24.2. The first-order valence-electron chi connectivity index (χ1n) is 21.6. The highest BCUT2D eigenvalue weighted by Gasteiger charge is 2.58. The van der Waals surface area contributed by atoms with Crippen molar-refractivity contribution < 1.29 is 128 Å². The molecule has 0 bridgehead atoms. The van der Waals surface area contributed by atoms with Crippen molar-refractivity contribution in [3.8, 4) is 0 Å². The van der Waals surface area contributed by atoms with Crippen molar-refractivity contribution in [2.24, 2.45) is 11.8 Å². The highest BCUT2D eigenvalue weighted by Crippen LogP contribution is 2.42. The fraction of sp³-hybridized carbons (Fsp3) is 0.949. The molecule has 66 heavy (non-hydrogen) atoms. The van der Waals surface area contributed by atoms with Gasteiger partial charge < -0.3 is 124 Å². The number of hydrogen-bond donors (Lipinski definition) is 14. The molecule has 0 aromatic carbocycles. The van der Waals surface area contributed by atoms with E-state index in [4.69, 9.17) is 52.1 Å². The largest absolute Gasteiger partial charge is 0.410 e. The Morgan fingerprint density at radius 1 is 0.712 bits per heavy atom. The van der Waals surface area contributed by atoms with Crippen molar-refractivity contribution in [1.29, 1.82) is 0 Å². The summed E-state index contributed by atoms with van der Waals surface area (Å²) in [5.41, 5.74) is 0. The summed E-state index contributed by atoms with van der Waals surface area (Å²) in [7, 11) is 2.37. The zero-order chi connectivity index (χ0) is 48.8. The maximum Gasteiger partial charge on any atom is 0.332 e. The Morgan fingerprint density at radius 3 is 1.86 bits per heavy atom. The fourth-order valence-corrected chi connectivity index (χ4v) is 9.19. The van der Waals surface area contributed by atoms with E-state index in [1.165, 1.54) is 21.1 Å². The van der Waals surface area contributed by atoms with Gasteiger partial charge in [-0.05, 0) is 12.8 Å². The monoisotopic (exact) mass is 965 g/mol. The second-order valence-corrected chi connectivity index (χ2v) is 17.1. The number of rotatable bonds is 20. The summed E-state index contributed by atoms with van der Waals surface area (Å²) < 4.78 is 63.1. The van der Waals surface area contributed by atoms with Crippen LogP contribution in [0, 0.1) is 11.8 Å². The van der Waals surface area contributed by atoms with E-state index in [1.54, 1.807) is 0 Å². The molecule has 384 valence electrons. The van der Waals surface area contributed by atoms with Gasteiger partial charge in [0, 0.05) is 46.2 Å². The summed E-state index contributed by atoms with van der Waals surface area (Å²) in [6.07, 6.45) is -34.9. The Balaban J connectivity index is 1.40. The first kappa shape index (κ1) is 55.0. The van der Waals surface area contributed by atoms with Crippen LogP contribution in [0.25, 0.3) is 0 Å². The lowest BCUT2D eigenvalue weighted by atomic mass is 9.80. The van der Waals surface area contributed by atoms with Gasteiger partial charge in [-0.1, -0.05) is 6.92 Å². The normalized spacial score (nSPS) is 47.2. The van der Waals surface area contributed by atoms with E-state index in [-0.39, 0.29) is 19.3 Å². The smallest absolute Gasteiger partial charge is 0.332 e. The van der Waals surface area contributed by atoms with Gasteiger partial charge in [0.15, 0.2) is 18.9 Å². The lowest BCUT2D eigenvalue weighted by Gasteiger charge is -2.51. The van der Waals surface area contributed by atoms with E-state index in [0.717, 1.165) is 6.92 Å². The molecule has 1 amide bonds. The number of carbonyl (C=O) groups is 2. The van der Waals surface area contributed by atoms with Crippen LogP contribution in [-0.2, 0) is 61.7 Å². The summed E-state index contributed by atoms with van der Waals surface area (Å²) in [6, 6.07) is -1.62. The van der Waals surface area contributed by atoms with Gasteiger partial charge in [-0.25, -0.2) is 0 Å². The molecule has 0 aromatic heterocycles. The number of aliphatic hydroxyl groups is 13. The SMILES string of the molecule is COC1OC(CO)C(OC2OC(CO)C(OC)C(OC3OC(CO)C(OC4CC(CO)C(O)C(OC5(OC=O)CC(O)C(C)C(C(O)CCO)O5)C4O)C(O)C3NC(C)=O)C2O)C(O)C1O. The van der Waals surface area contributed by atoms with E-state index >= 15 is 0 Å². The Bertz CT molecular complexity index is 1510. The van der Waals surface area contributed by atoms with Crippen LogP contribution in [0.4, 0.5) is 0 Å². The molecular weight excluding hydrogens is 898 g/mol.